The lowest BCUT2D eigenvalue weighted by atomic mass is 10.2. The van der Waals surface area contributed by atoms with Crippen molar-refractivity contribution < 1.29 is 9.15 Å². The summed E-state index contributed by atoms with van der Waals surface area (Å²) in [7, 11) is 1.67. The molecule has 3 aromatic rings. The highest BCUT2D eigenvalue weighted by atomic mass is 16.5. The number of rotatable bonds is 5. The number of nitrogens with zero attached hydrogens (tertiary/aromatic N) is 2. The Hall–Kier alpha value is -2.40. The molecule has 2 heterocycles. The molecule has 102 valence electrons. The number of fused-ring (bicyclic) bond motifs is 1. The van der Waals surface area contributed by atoms with E-state index in [1.165, 1.54) is 0 Å². The second kappa shape index (κ2) is 5.71. The van der Waals surface area contributed by atoms with Gasteiger partial charge in [-0.2, -0.15) is 0 Å². The minimum Gasteiger partial charge on any atom is -0.461 e. The molecule has 0 aliphatic heterocycles. The summed E-state index contributed by atoms with van der Waals surface area (Å²) in [5.74, 6) is 2.03. The molecule has 20 heavy (non-hydrogen) atoms. The van der Waals surface area contributed by atoms with Gasteiger partial charge in [0.15, 0.2) is 11.6 Å². The van der Waals surface area contributed by atoms with Crippen molar-refractivity contribution in [1.29, 1.82) is 0 Å². The summed E-state index contributed by atoms with van der Waals surface area (Å²) in [6.45, 7) is 1.31. The van der Waals surface area contributed by atoms with E-state index in [1.54, 1.807) is 13.4 Å². The van der Waals surface area contributed by atoms with Crippen LogP contribution in [0, 0.1) is 0 Å². The Bertz CT molecular complexity index is 695. The van der Waals surface area contributed by atoms with Crippen LogP contribution in [0.1, 0.15) is 0 Å². The van der Waals surface area contributed by atoms with E-state index in [4.69, 9.17) is 9.15 Å². The Morgan fingerprint density at radius 1 is 1.15 bits per heavy atom. The van der Waals surface area contributed by atoms with Crippen molar-refractivity contribution in [3.8, 4) is 11.6 Å². The van der Waals surface area contributed by atoms with Crippen molar-refractivity contribution in [2.24, 2.45) is 0 Å². The molecule has 0 amide bonds. The molecule has 0 saturated heterocycles. The monoisotopic (exact) mass is 269 g/mol. The van der Waals surface area contributed by atoms with Crippen LogP contribution < -0.4 is 5.32 Å². The SMILES string of the molecule is COCCNc1nc(-c2ccco2)nc2ccccc12. The normalized spacial score (nSPS) is 10.8. The van der Waals surface area contributed by atoms with E-state index in [-0.39, 0.29) is 0 Å². The van der Waals surface area contributed by atoms with Gasteiger partial charge in [0, 0.05) is 19.0 Å². The second-order valence-electron chi connectivity index (χ2n) is 4.31. The molecular formula is C15H15N3O2. The minimum absolute atomic E-state index is 0.577. The lowest BCUT2D eigenvalue weighted by Gasteiger charge is -2.09. The zero-order chi connectivity index (χ0) is 13.8. The number of benzene rings is 1. The lowest BCUT2D eigenvalue weighted by Crippen LogP contribution is -2.10. The van der Waals surface area contributed by atoms with Gasteiger partial charge < -0.3 is 14.5 Å². The van der Waals surface area contributed by atoms with Crippen molar-refractivity contribution in [3.05, 3.63) is 42.7 Å². The van der Waals surface area contributed by atoms with E-state index in [0.29, 0.717) is 24.7 Å². The Morgan fingerprint density at radius 2 is 2.05 bits per heavy atom. The van der Waals surface area contributed by atoms with E-state index in [9.17, 15) is 0 Å². The van der Waals surface area contributed by atoms with Gasteiger partial charge in [-0.1, -0.05) is 12.1 Å². The number of nitrogens with one attached hydrogen (secondary N) is 1. The molecule has 0 atom stereocenters. The van der Waals surface area contributed by atoms with Crippen LogP contribution in [0.3, 0.4) is 0 Å². The van der Waals surface area contributed by atoms with Gasteiger partial charge in [0.25, 0.3) is 0 Å². The van der Waals surface area contributed by atoms with Crippen LogP contribution in [0.5, 0.6) is 0 Å². The van der Waals surface area contributed by atoms with Gasteiger partial charge >= 0.3 is 0 Å². The quantitative estimate of drug-likeness (QED) is 0.722. The number of anilines is 1. The molecule has 1 N–H and O–H groups in total. The van der Waals surface area contributed by atoms with Crippen LogP contribution in [0.4, 0.5) is 5.82 Å². The van der Waals surface area contributed by atoms with Crippen molar-refractivity contribution in [2.75, 3.05) is 25.6 Å². The third-order valence-corrected chi connectivity index (χ3v) is 2.94. The Kier molecular flexibility index (Phi) is 3.60. The number of hydrogen-bond donors (Lipinski definition) is 1. The zero-order valence-corrected chi connectivity index (χ0v) is 11.2. The highest BCUT2D eigenvalue weighted by molar-refractivity contribution is 5.90. The molecule has 0 saturated carbocycles. The Morgan fingerprint density at radius 3 is 2.85 bits per heavy atom. The fourth-order valence-electron chi connectivity index (χ4n) is 2.00. The average Bonchev–Trinajstić information content (AvgIpc) is 3.01. The van der Waals surface area contributed by atoms with Crippen molar-refractivity contribution in [3.63, 3.8) is 0 Å². The van der Waals surface area contributed by atoms with Crippen LogP contribution in [0.25, 0.3) is 22.5 Å². The van der Waals surface area contributed by atoms with Gasteiger partial charge in [-0.05, 0) is 24.3 Å². The van der Waals surface area contributed by atoms with Gasteiger partial charge in [-0.25, -0.2) is 9.97 Å². The molecule has 0 radical (unpaired) electrons. The predicted octanol–water partition coefficient (Wildman–Crippen LogP) is 2.95. The average molecular weight is 269 g/mol. The first kappa shape index (κ1) is 12.6. The molecule has 3 rings (SSSR count). The fourth-order valence-corrected chi connectivity index (χ4v) is 2.00. The summed E-state index contributed by atoms with van der Waals surface area (Å²) in [6.07, 6.45) is 1.62. The van der Waals surface area contributed by atoms with Crippen LogP contribution in [-0.2, 0) is 4.74 Å². The highest BCUT2D eigenvalue weighted by Gasteiger charge is 2.10. The van der Waals surface area contributed by atoms with Gasteiger partial charge in [0.1, 0.15) is 5.82 Å². The number of para-hydroxylation sites is 1. The Labute approximate surface area is 116 Å². The topological polar surface area (TPSA) is 60.2 Å². The maximum Gasteiger partial charge on any atom is 0.198 e. The smallest absolute Gasteiger partial charge is 0.198 e. The van der Waals surface area contributed by atoms with Gasteiger partial charge in [-0.15, -0.1) is 0 Å². The third-order valence-electron chi connectivity index (χ3n) is 2.94. The molecule has 2 aromatic heterocycles. The first-order valence-electron chi connectivity index (χ1n) is 6.42. The number of aromatic nitrogens is 2. The predicted molar refractivity (Wildman–Crippen MR) is 77.6 cm³/mol. The van der Waals surface area contributed by atoms with E-state index < -0.39 is 0 Å². The Balaban J connectivity index is 2.05. The second-order valence-corrected chi connectivity index (χ2v) is 4.31. The van der Waals surface area contributed by atoms with Crippen LogP contribution in [0.15, 0.2) is 47.1 Å². The van der Waals surface area contributed by atoms with Crippen LogP contribution >= 0.6 is 0 Å². The number of ether oxygens (including phenoxy) is 1. The molecule has 0 spiro atoms. The van der Waals surface area contributed by atoms with Gasteiger partial charge in [0.2, 0.25) is 0 Å². The molecular weight excluding hydrogens is 254 g/mol. The summed E-state index contributed by atoms with van der Waals surface area (Å²) in [6, 6.07) is 11.6. The third kappa shape index (κ3) is 2.48. The largest absolute Gasteiger partial charge is 0.461 e. The van der Waals surface area contributed by atoms with Crippen LogP contribution in [0.2, 0.25) is 0 Å². The van der Waals surface area contributed by atoms with Gasteiger partial charge in [0.05, 0.1) is 18.4 Å². The summed E-state index contributed by atoms with van der Waals surface area (Å²) in [4.78, 5) is 9.07. The van der Waals surface area contributed by atoms with E-state index in [0.717, 1.165) is 16.7 Å². The van der Waals surface area contributed by atoms with Gasteiger partial charge in [-0.3, -0.25) is 0 Å². The minimum atomic E-state index is 0.577. The standard InChI is InChI=1S/C15H15N3O2/c1-19-10-8-16-14-11-5-2-3-6-12(11)17-15(18-14)13-7-4-9-20-13/h2-7,9H,8,10H2,1H3,(H,16,17,18). The molecule has 0 unspecified atom stereocenters. The summed E-state index contributed by atoms with van der Waals surface area (Å²) >= 11 is 0. The highest BCUT2D eigenvalue weighted by Crippen LogP contribution is 2.24. The fraction of sp³-hybridized carbons (Fsp3) is 0.200. The van der Waals surface area contributed by atoms with Crippen molar-refractivity contribution in [1.82, 2.24) is 9.97 Å². The van der Waals surface area contributed by atoms with Crippen molar-refractivity contribution >= 4 is 16.7 Å². The molecule has 0 fully saturated rings. The van der Waals surface area contributed by atoms with Crippen LogP contribution in [-0.4, -0.2) is 30.2 Å². The van der Waals surface area contributed by atoms with E-state index >= 15 is 0 Å². The van der Waals surface area contributed by atoms with E-state index in [2.05, 4.69) is 15.3 Å². The molecule has 0 aliphatic rings. The summed E-state index contributed by atoms with van der Waals surface area (Å²) in [5.41, 5.74) is 0.883. The molecule has 5 nitrogen and oxygen atoms in total. The maximum absolute atomic E-state index is 5.37. The first-order valence-corrected chi connectivity index (χ1v) is 6.42. The van der Waals surface area contributed by atoms with Crippen molar-refractivity contribution in [2.45, 2.75) is 0 Å². The molecule has 5 heteroatoms. The zero-order valence-electron chi connectivity index (χ0n) is 11.2. The summed E-state index contributed by atoms with van der Waals surface area (Å²) < 4.78 is 10.4. The lowest BCUT2D eigenvalue weighted by molar-refractivity contribution is 0.210. The van der Waals surface area contributed by atoms with E-state index in [1.807, 2.05) is 36.4 Å². The number of furan rings is 1. The molecule has 0 bridgehead atoms. The molecule has 0 aliphatic carbocycles. The first-order chi connectivity index (χ1) is 9.88. The maximum atomic E-state index is 5.37. The summed E-state index contributed by atoms with van der Waals surface area (Å²) in [5, 5.41) is 4.26. The number of methoxy groups -OCH3 is 1. The molecule has 1 aromatic carbocycles. The number of hydrogen-bond acceptors (Lipinski definition) is 5.